The molecule has 6 nitrogen and oxygen atoms in total. The highest BCUT2D eigenvalue weighted by molar-refractivity contribution is 6.31. The molecule has 1 saturated heterocycles. The van der Waals surface area contributed by atoms with Crippen molar-refractivity contribution in [2.45, 2.75) is 51.7 Å². The second kappa shape index (κ2) is 10.5. The van der Waals surface area contributed by atoms with Gasteiger partial charge in [-0.1, -0.05) is 23.7 Å². The summed E-state index contributed by atoms with van der Waals surface area (Å²) in [5.41, 5.74) is 5.58. The summed E-state index contributed by atoms with van der Waals surface area (Å²) in [6, 6.07) is 7.89. The smallest absolute Gasteiger partial charge is 0.410 e. The Balaban J connectivity index is 1.43. The molecule has 5 rings (SSSR count). The number of fused-ring (bicyclic) bond motifs is 3. The number of rotatable bonds is 5. The number of piperidine rings is 1. The molecule has 1 aromatic rings. The first-order valence-electron chi connectivity index (χ1n) is 12.7. The maximum atomic E-state index is 13.1. The maximum Gasteiger partial charge on any atom is 0.410 e. The molecule has 186 valence electrons. The molecule has 0 spiro atoms. The molecule has 2 atom stereocenters. The molecular weight excluding hydrogens is 462 g/mol. The maximum absolute atomic E-state index is 13.1. The van der Waals surface area contributed by atoms with Crippen molar-refractivity contribution < 1.29 is 14.3 Å². The fourth-order valence-corrected chi connectivity index (χ4v) is 5.49. The molecule has 1 fully saturated rings. The average Bonchev–Trinajstić information content (AvgIpc) is 3.00. The highest BCUT2D eigenvalue weighted by Gasteiger charge is 2.38. The molecular formula is C28H34ClN3O3. The Labute approximate surface area is 212 Å². The fraction of sp³-hybridized carbons (Fsp3) is 0.464. The minimum Gasteiger partial charge on any atom is -0.493 e. The molecule has 3 aliphatic heterocycles. The van der Waals surface area contributed by atoms with E-state index in [-0.39, 0.29) is 18.2 Å². The van der Waals surface area contributed by atoms with Crippen molar-refractivity contribution in [3.63, 3.8) is 0 Å². The number of hydrogen-bond acceptors (Lipinski definition) is 5. The number of amides is 1. The van der Waals surface area contributed by atoms with Crippen LogP contribution in [0.25, 0.3) is 0 Å². The molecule has 2 unspecified atom stereocenters. The SMILES string of the molecule is CC(C)OC(=O)N1CCC2=C(NC3=CC=C(Cl)C=C2C3)C1c1ccc(OCC2CCCNC2)cc1. The van der Waals surface area contributed by atoms with E-state index in [1.54, 1.807) is 0 Å². The number of allylic oxidation sites excluding steroid dienone is 5. The van der Waals surface area contributed by atoms with Gasteiger partial charge in [-0.25, -0.2) is 4.79 Å². The Morgan fingerprint density at radius 2 is 2.06 bits per heavy atom. The standard InChI is InChI=1S/C28H34ClN3O3/c1-18(2)35-28(33)32-13-11-25-21-14-22(29)7-8-23(15-21)31-26(25)27(32)20-5-9-24(10-6-20)34-17-19-4-3-12-30-16-19/h5-10,14,18-19,27,30-31H,3-4,11-13,15-17H2,1-2H3. The van der Waals surface area contributed by atoms with Crippen LogP contribution in [0.5, 0.6) is 5.75 Å². The summed E-state index contributed by atoms with van der Waals surface area (Å²) in [5, 5.41) is 7.79. The number of hydrogen-bond donors (Lipinski definition) is 2. The van der Waals surface area contributed by atoms with Gasteiger partial charge in [0.15, 0.2) is 0 Å². The number of carbonyl (C=O) groups is 1. The van der Waals surface area contributed by atoms with Gasteiger partial charge in [0.25, 0.3) is 0 Å². The number of benzene rings is 1. The van der Waals surface area contributed by atoms with Gasteiger partial charge in [0.05, 0.1) is 12.7 Å². The van der Waals surface area contributed by atoms with Crippen molar-refractivity contribution in [1.29, 1.82) is 0 Å². The molecule has 1 aromatic carbocycles. The summed E-state index contributed by atoms with van der Waals surface area (Å²) in [5.74, 6) is 1.40. The molecule has 2 N–H and O–H groups in total. The second-order valence-electron chi connectivity index (χ2n) is 9.98. The lowest BCUT2D eigenvalue weighted by Crippen LogP contribution is -2.45. The Morgan fingerprint density at radius 3 is 2.80 bits per heavy atom. The zero-order chi connectivity index (χ0) is 24.4. The first kappa shape index (κ1) is 24.0. The number of halogens is 1. The Bertz CT molecular complexity index is 1080. The van der Waals surface area contributed by atoms with Gasteiger partial charge in [0.1, 0.15) is 11.8 Å². The number of ether oxygens (including phenoxy) is 2. The van der Waals surface area contributed by atoms with Gasteiger partial charge in [0, 0.05) is 41.9 Å². The van der Waals surface area contributed by atoms with E-state index in [2.05, 4.69) is 28.8 Å². The van der Waals surface area contributed by atoms with Crippen LogP contribution in [0.3, 0.4) is 0 Å². The van der Waals surface area contributed by atoms with Crippen LogP contribution in [0.15, 0.2) is 70.1 Å². The molecule has 3 heterocycles. The van der Waals surface area contributed by atoms with Gasteiger partial charge in [-0.05, 0) is 86.7 Å². The Hall–Kier alpha value is -2.70. The molecule has 35 heavy (non-hydrogen) atoms. The van der Waals surface area contributed by atoms with Gasteiger partial charge in [-0.2, -0.15) is 0 Å². The van der Waals surface area contributed by atoms with Crippen LogP contribution in [0, 0.1) is 5.92 Å². The van der Waals surface area contributed by atoms with Gasteiger partial charge < -0.3 is 20.1 Å². The van der Waals surface area contributed by atoms with Crippen LogP contribution < -0.4 is 15.4 Å². The van der Waals surface area contributed by atoms with Crippen molar-refractivity contribution in [2.24, 2.45) is 5.92 Å². The van der Waals surface area contributed by atoms with Crippen LogP contribution in [-0.4, -0.2) is 43.3 Å². The van der Waals surface area contributed by atoms with Crippen molar-refractivity contribution in [3.8, 4) is 5.75 Å². The van der Waals surface area contributed by atoms with Gasteiger partial charge in [-0.3, -0.25) is 4.90 Å². The average molecular weight is 496 g/mol. The lowest BCUT2D eigenvalue weighted by atomic mass is 9.84. The molecule has 0 saturated carbocycles. The van der Waals surface area contributed by atoms with E-state index in [1.165, 1.54) is 24.0 Å². The van der Waals surface area contributed by atoms with Crippen molar-refractivity contribution in [1.82, 2.24) is 15.5 Å². The predicted octanol–water partition coefficient (Wildman–Crippen LogP) is 5.55. The quantitative estimate of drug-likeness (QED) is 0.560. The highest BCUT2D eigenvalue weighted by Crippen LogP contribution is 2.43. The minimum absolute atomic E-state index is 0.182. The van der Waals surface area contributed by atoms with Gasteiger partial charge in [-0.15, -0.1) is 0 Å². The van der Waals surface area contributed by atoms with E-state index in [4.69, 9.17) is 21.1 Å². The molecule has 0 aromatic heterocycles. The molecule has 4 aliphatic rings. The summed E-state index contributed by atoms with van der Waals surface area (Å²) in [7, 11) is 0. The Morgan fingerprint density at radius 1 is 1.23 bits per heavy atom. The lowest BCUT2D eigenvalue weighted by molar-refractivity contribution is 0.0644. The van der Waals surface area contributed by atoms with E-state index in [0.717, 1.165) is 60.3 Å². The summed E-state index contributed by atoms with van der Waals surface area (Å²) < 4.78 is 11.7. The zero-order valence-electron chi connectivity index (χ0n) is 20.5. The van der Waals surface area contributed by atoms with Gasteiger partial charge >= 0.3 is 6.09 Å². The topological polar surface area (TPSA) is 62.8 Å². The lowest BCUT2D eigenvalue weighted by Gasteiger charge is -2.42. The van der Waals surface area contributed by atoms with E-state index in [1.807, 2.05) is 43.0 Å². The monoisotopic (exact) mass is 495 g/mol. The van der Waals surface area contributed by atoms with Crippen LogP contribution in [0.1, 0.15) is 51.1 Å². The van der Waals surface area contributed by atoms with Crippen LogP contribution in [-0.2, 0) is 4.74 Å². The summed E-state index contributed by atoms with van der Waals surface area (Å²) in [6.45, 7) is 7.18. The first-order chi connectivity index (χ1) is 17.0. The van der Waals surface area contributed by atoms with E-state index in [0.29, 0.717) is 12.5 Å². The molecule has 1 aliphatic carbocycles. The normalized spacial score (nSPS) is 24.0. The van der Waals surface area contributed by atoms with E-state index >= 15 is 0 Å². The minimum atomic E-state index is -0.295. The van der Waals surface area contributed by atoms with Crippen molar-refractivity contribution in [3.05, 3.63) is 75.6 Å². The molecule has 7 heteroatoms. The number of nitrogens with one attached hydrogen (secondary N) is 2. The highest BCUT2D eigenvalue weighted by atomic mass is 35.5. The van der Waals surface area contributed by atoms with Crippen molar-refractivity contribution >= 4 is 17.7 Å². The third-order valence-electron chi connectivity index (χ3n) is 6.98. The van der Waals surface area contributed by atoms with Crippen LogP contribution >= 0.6 is 11.6 Å². The summed E-state index contributed by atoms with van der Waals surface area (Å²) in [6.07, 6.45) is 9.50. The van der Waals surface area contributed by atoms with Crippen LogP contribution in [0.2, 0.25) is 0 Å². The second-order valence-corrected chi connectivity index (χ2v) is 10.4. The fourth-order valence-electron chi connectivity index (χ4n) is 5.30. The Kier molecular flexibility index (Phi) is 7.21. The summed E-state index contributed by atoms with van der Waals surface area (Å²) >= 11 is 6.40. The van der Waals surface area contributed by atoms with Crippen LogP contribution in [0.4, 0.5) is 4.79 Å². The van der Waals surface area contributed by atoms with E-state index < -0.39 is 0 Å². The number of nitrogens with zero attached hydrogens (tertiary/aromatic N) is 1. The van der Waals surface area contributed by atoms with E-state index in [9.17, 15) is 4.79 Å². The third kappa shape index (κ3) is 5.44. The van der Waals surface area contributed by atoms with Crippen molar-refractivity contribution in [2.75, 3.05) is 26.2 Å². The zero-order valence-corrected chi connectivity index (χ0v) is 21.2. The summed E-state index contributed by atoms with van der Waals surface area (Å²) in [4.78, 5) is 15.0. The first-order valence-corrected chi connectivity index (χ1v) is 13.0. The molecule has 2 bridgehead atoms. The van der Waals surface area contributed by atoms with Gasteiger partial charge in [0.2, 0.25) is 0 Å². The predicted molar refractivity (Wildman–Crippen MR) is 138 cm³/mol. The molecule has 0 radical (unpaired) electrons. The number of carbonyl (C=O) groups excluding carboxylic acids is 1. The third-order valence-corrected chi connectivity index (χ3v) is 7.22. The largest absolute Gasteiger partial charge is 0.493 e. The molecule has 1 amide bonds.